The van der Waals surface area contributed by atoms with Crippen molar-refractivity contribution >= 4 is 5.97 Å². The van der Waals surface area contributed by atoms with E-state index in [1.807, 2.05) is 4.98 Å². The highest BCUT2D eigenvalue weighted by molar-refractivity contribution is 5.74. The molecule has 0 aliphatic heterocycles. The molecule has 0 saturated carbocycles. The Morgan fingerprint density at radius 3 is 2.55 bits per heavy atom. The lowest BCUT2D eigenvalue weighted by atomic mass is 10.1. The van der Waals surface area contributed by atoms with Crippen LogP contribution in [0.25, 0.3) is 0 Å². The molecule has 0 amide bonds. The lowest BCUT2D eigenvalue weighted by Crippen LogP contribution is -2.22. The SMILES string of the molecule is CCOC(=O)Cc1c(OC(F)(F)F)c[nH]c(=O)c1OC. The van der Waals surface area contributed by atoms with Gasteiger partial charge in [-0.2, -0.15) is 0 Å². The highest BCUT2D eigenvalue weighted by Gasteiger charge is 2.33. The van der Waals surface area contributed by atoms with E-state index in [9.17, 15) is 22.8 Å². The van der Waals surface area contributed by atoms with E-state index in [1.54, 1.807) is 6.92 Å². The lowest BCUT2D eigenvalue weighted by molar-refractivity contribution is -0.275. The second-order valence-corrected chi connectivity index (χ2v) is 3.52. The van der Waals surface area contributed by atoms with E-state index in [-0.39, 0.29) is 12.2 Å². The summed E-state index contributed by atoms with van der Waals surface area (Å²) in [5.41, 5.74) is -1.10. The number of methoxy groups -OCH3 is 1. The van der Waals surface area contributed by atoms with Gasteiger partial charge in [-0.05, 0) is 6.92 Å². The quantitative estimate of drug-likeness (QED) is 0.831. The molecule has 0 atom stereocenters. The Balaban J connectivity index is 3.23. The zero-order chi connectivity index (χ0) is 15.3. The number of aromatic nitrogens is 1. The van der Waals surface area contributed by atoms with Crippen molar-refractivity contribution in [3.05, 3.63) is 22.1 Å². The second-order valence-electron chi connectivity index (χ2n) is 3.52. The van der Waals surface area contributed by atoms with E-state index in [0.29, 0.717) is 6.20 Å². The summed E-state index contributed by atoms with van der Waals surface area (Å²) in [5, 5.41) is 0. The van der Waals surface area contributed by atoms with Crippen molar-refractivity contribution in [2.45, 2.75) is 19.7 Å². The minimum absolute atomic E-state index is 0.0554. The summed E-state index contributed by atoms with van der Waals surface area (Å²) in [5.74, 6) is -1.95. The highest BCUT2D eigenvalue weighted by Crippen LogP contribution is 2.30. The van der Waals surface area contributed by atoms with Gasteiger partial charge in [-0.15, -0.1) is 13.2 Å². The molecule has 0 aliphatic rings. The molecule has 20 heavy (non-hydrogen) atoms. The van der Waals surface area contributed by atoms with Gasteiger partial charge in [0.25, 0.3) is 5.56 Å². The van der Waals surface area contributed by atoms with Crippen molar-refractivity contribution in [3.8, 4) is 11.5 Å². The third-order valence-electron chi connectivity index (χ3n) is 2.17. The van der Waals surface area contributed by atoms with Gasteiger partial charge in [-0.3, -0.25) is 9.59 Å². The van der Waals surface area contributed by atoms with E-state index in [2.05, 4.69) is 9.47 Å². The van der Waals surface area contributed by atoms with Crippen LogP contribution in [0.3, 0.4) is 0 Å². The fourth-order valence-electron chi connectivity index (χ4n) is 1.49. The van der Waals surface area contributed by atoms with Crippen LogP contribution in [-0.2, 0) is 16.0 Å². The molecule has 112 valence electrons. The molecule has 0 unspecified atom stereocenters. The molecule has 0 spiro atoms. The van der Waals surface area contributed by atoms with Gasteiger partial charge in [0.2, 0.25) is 0 Å². The summed E-state index contributed by atoms with van der Waals surface area (Å²) < 4.78 is 49.9. The van der Waals surface area contributed by atoms with Gasteiger partial charge in [0.15, 0.2) is 11.5 Å². The maximum atomic E-state index is 12.3. The molecular weight excluding hydrogens is 283 g/mol. The van der Waals surface area contributed by atoms with Gasteiger partial charge in [0, 0.05) is 6.20 Å². The lowest BCUT2D eigenvalue weighted by Gasteiger charge is -2.14. The predicted molar refractivity (Wildman–Crippen MR) is 60.6 cm³/mol. The average molecular weight is 295 g/mol. The van der Waals surface area contributed by atoms with Crippen molar-refractivity contribution < 1.29 is 32.2 Å². The first-order chi connectivity index (χ1) is 9.28. The van der Waals surface area contributed by atoms with Gasteiger partial charge in [0.1, 0.15) is 0 Å². The standard InChI is InChI=1S/C11H12F3NO5/c1-3-19-8(16)4-6-7(20-11(12,13)14)5-15-10(17)9(6)18-2/h5H,3-4H2,1-2H3,(H,15,17). The van der Waals surface area contributed by atoms with Gasteiger partial charge in [-0.25, -0.2) is 0 Å². The van der Waals surface area contributed by atoms with E-state index in [4.69, 9.17) is 4.74 Å². The Morgan fingerprint density at radius 2 is 2.05 bits per heavy atom. The van der Waals surface area contributed by atoms with Crippen LogP contribution in [0, 0.1) is 0 Å². The molecule has 0 bridgehead atoms. The number of rotatable bonds is 5. The van der Waals surface area contributed by atoms with E-state index in [1.165, 1.54) is 0 Å². The van der Waals surface area contributed by atoms with Gasteiger partial charge in [0.05, 0.1) is 25.7 Å². The normalized spacial score (nSPS) is 11.1. The molecule has 1 aromatic rings. The summed E-state index contributed by atoms with van der Waals surface area (Å²) in [4.78, 5) is 24.9. The van der Waals surface area contributed by atoms with Crippen LogP contribution in [0.2, 0.25) is 0 Å². The molecule has 1 aromatic heterocycles. The number of nitrogens with one attached hydrogen (secondary N) is 1. The number of pyridine rings is 1. The Labute approximate surface area is 111 Å². The Kier molecular flexibility index (Phi) is 5.00. The summed E-state index contributed by atoms with van der Waals surface area (Å²) in [6, 6.07) is 0. The molecular formula is C11H12F3NO5. The third kappa shape index (κ3) is 4.18. The highest BCUT2D eigenvalue weighted by atomic mass is 19.4. The number of carbonyl (C=O) groups is 1. The van der Waals surface area contributed by atoms with Crippen LogP contribution in [0.5, 0.6) is 11.5 Å². The fraction of sp³-hybridized carbons (Fsp3) is 0.455. The van der Waals surface area contributed by atoms with Crippen LogP contribution < -0.4 is 15.0 Å². The number of H-pyrrole nitrogens is 1. The number of ether oxygens (including phenoxy) is 3. The maximum absolute atomic E-state index is 12.3. The molecule has 1 N–H and O–H groups in total. The summed E-state index contributed by atoms with van der Waals surface area (Å²) in [6.07, 6.45) is -4.83. The first-order valence-electron chi connectivity index (χ1n) is 5.48. The van der Waals surface area contributed by atoms with Crippen molar-refractivity contribution in [1.29, 1.82) is 0 Å². The molecule has 0 aliphatic carbocycles. The van der Waals surface area contributed by atoms with Gasteiger partial charge in [-0.1, -0.05) is 0 Å². The average Bonchev–Trinajstić information content (AvgIpc) is 2.32. The number of alkyl halides is 3. The van der Waals surface area contributed by atoms with Crippen molar-refractivity contribution in [2.24, 2.45) is 0 Å². The first-order valence-corrected chi connectivity index (χ1v) is 5.48. The zero-order valence-electron chi connectivity index (χ0n) is 10.7. The van der Waals surface area contributed by atoms with Gasteiger partial charge >= 0.3 is 12.3 Å². The van der Waals surface area contributed by atoms with Crippen molar-refractivity contribution in [3.63, 3.8) is 0 Å². The molecule has 1 heterocycles. The zero-order valence-corrected chi connectivity index (χ0v) is 10.7. The molecule has 0 saturated heterocycles. The first kappa shape index (κ1) is 15.9. The van der Waals surface area contributed by atoms with Crippen LogP contribution in [0.15, 0.2) is 11.0 Å². The Hall–Kier alpha value is -2.19. The summed E-state index contributed by atoms with van der Waals surface area (Å²) in [7, 11) is 1.09. The predicted octanol–water partition coefficient (Wildman–Crippen LogP) is 1.39. The molecule has 9 heteroatoms. The summed E-state index contributed by atoms with van der Waals surface area (Å²) in [6.45, 7) is 1.60. The monoisotopic (exact) mass is 295 g/mol. The molecule has 1 rings (SSSR count). The molecule has 0 radical (unpaired) electrons. The Bertz CT molecular complexity index is 538. The topological polar surface area (TPSA) is 77.6 Å². The number of esters is 1. The van der Waals surface area contributed by atoms with Crippen LogP contribution in [0.1, 0.15) is 12.5 Å². The molecule has 0 aromatic carbocycles. The van der Waals surface area contributed by atoms with Crippen LogP contribution >= 0.6 is 0 Å². The van der Waals surface area contributed by atoms with E-state index in [0.717, 1.165) is 7.11 Å². The van der Waals surface area contributed by atoms with Crippen molar-refractivity contribution in [1.82, 2.24) is 4.98 Å². The second kappa shape index (κ2) is 6.31. The van der Waals surface area contributed by atoms with Crippen LogP contribution in [0.4, 0.5) is 13.2 Å². The van der Waals surface area contributed by atoms with E-state index >= 15 is 0 Å². The number of aromatic amines is 1. The Morgan fingerprint density at radius 1 is 1.40 bits per heavy atom. The van der Waals surface area contributed by atoms with Crippen LogP contribution in [-0.4, -0.2) is 31.0 Å². The van der Waals surface area contributed by atoms with Gasteiger partial charge < -0.3 is 19.2 Å². The maximum Gasteiger partial charge on any atom is 0.573 e. The van der Waals surface area contributed by atoms with E-state index < -0.39 is 35.8 Å². The molecule has 0 fully saturated rings. The number of halogens is 3. The fourth-order valence-corrected chi connectivity index (χ4v) is 1.49. The molecule has 6 nitrogen and oxygen atoms in total. The largest absolute Gasteiger partial charge is 0.573 e. The number of hydrogen-bond donors (Lipinski definition) is 1. The van der Waals surface area contributed by atoms with Crippen molar-refractivity contribution in [2.75, 3.05) is 13.7 Å². The minimum Gasteiger partial charge on any atom is -0.491 e. The summed E-state index contributed by atoms with van der Waals surface area (Å²) >= 11 is 0. The minimum atomic E-state index is -4.97. The number of hydrogen-bond acceptors (Lipinski definition) is 5. The third-order valence-corrected chi connectivity index (χ3v) is 2.17. The smallest absolute Gasteiger partial charge is 0.491 e. The number of carbonyl (C=O) groups excluding carboxylic acids is 1.